The van der Waals surface area contributed by atoms with Crippen molar-refractivity contribution in [2.24, 2.45) is 4.99 Å². The van der Waals surface area contributed by atoms with Gasteiger partial charge in [0.25, 0.3) is 0 Å². The van der Waals surface area contributed by atoms with Crippen LogP contribution < -0.4 is 5.32 Å². The number of nitrogens with one attached hydrogen (secondary N) is 1. The van der Waals surface area contributed by atoms with Crippen molar-refractivity contribution in [2.75, 3.05) is 37.1 Å². The van der Waals surface area contributed by atoms with E-state index >= 15 is 0 Å². The van der Waals surface area contributed by atoms with Gasteiger partial charge in [0.15, 0.2) is 0 Å². The summed E-state index contributed by atoms with van der Waals surface area (Å²) in [6.07, 6.45) is 4.89. The highest BCUT2D eigenvalue weighted by Crippen LogP contribution is 2.31. The van der Waals surface area contributed by atoms with Crippen LogP contribution >= 0.6 is 11.8 Å². The first kappa shape index (κ1) is 15.3. The molecule has 3 nitrogen and oxygen atoms in total. The third-order valence-electron chi connectivity index (χ3n) is 3.35. The van der Waals surface area contributed by atoms with Gasteiger partial charge < -0.3 is 10.1 Å². The van der Waals surface area contributed by atoms with Crippen LogP contribution in [0.5, 0.6) is 0 Å². The fourth-order valence-electron chi connectivity index (χ4n) is 2.23. The first-order valence-electron chi connectivity index (χ1n) is 6.80. The van der Waals surface area contributed by atoms with Crippen molar-refractivity contribution in [3.63, 3.8) is 0 Å². The first-order valence-corrected chi connectivity index (χ1v) is 8.19. The summed E-state index contributed by atoms with van der Waals surface area (Å²) in [5.41, 5.74) is 0.895. The topological polar surface area (TPSA) is 33.6 Å². The summed E-state index contributed by atoms with van der Waals surface area (Å²) in [6.45, 7) is 3.71. The number of hydrogen-bond acceptors (Lipinski definition) is 4. The summed E-state index contributed by atoms with van der Waals surface area (Å²) < 4.78 is 19.5. The van der Waals surface area contributed by atoms with Crippen molar-refractivity contribution in [3.8, 4) is 0 Å². The summed E-state index contributed by atoms with van der Waals surface area (Å²) in [5, 5.41) is 3.33. The van der Waals surface area contributed by atoms with Crippen molar-refractivity contribution in [1.29, 1.82) is 0 Å². The highest BCUT2D eigenvalue weighted by molar-refractivity contribution is 7.98. The van der Waals surface area contributed by atoms with Crippen LogP contribution in [0.2, 0.25) is 0 Å². The number of nitrogens with zero attached hydrogens (tertiary/aromatic N) is 1. The van der Waals surface area contributed by atoms with Gasteiger partial charge in [0.2, 0.25) is 0 Å². The van der Waals surface area contributed by atoms with Crippen LogP contribution in [0.4, 0.5) is 10.1 Å². The van der Waals surface area contributed by atoms with E-state index in [-0.39, 0.29) is 5.82 Å². The number of thioether (sulfide) groups is 1. The maximum atomic E-state index is 14.1. The lowest BCUT2D eigenvalue weighted by atomic mass is 9.92. The maximum Gasteiger partial charge on any atom is 0.129 e. The Morgan fingerprint density at radius 3 is 3.05 bits per heavy atom. The lowest BCUT2D eigenvalue weighted by molar-refractivity contribution is 0.108. The third kappa shape index (κ3) is 3.73. The highest BCUT2D eigenvalue weighted by Gasteiger charge is 2.30. The Kier molecular flexibility index (Phi) is 5.43. The average molecular weight is 296 g/mol. The van der Waals surface area contributed by atoms with Gasteiger partial charge in [-0.05, 0) is 43.6 Å². The Bertz CT molecular complexity index is 481. The molecule has 0 amide bonds. The SMILES string of the molecule is CSCCCNc1ccc(F)c([C@]2(C)COCC=N2)c1. The third-order valence-corrected chi connectivity index (χ3v) is 4.05. The second-order valence-corrected chi connectivity index (χ2v) is 6.05. The summed E-state index contributed by atoms with van der Waals surface area (Å²) in [6, 6.07) is 5.12. The highest BCUT2D eigenvalue weighted by atomic mass is 32.2. The van der Waals surface area contributed by atoms with Crippen molar-refractivity contribution in [2.45, 2.75) is 18.9 Å². The lowest BCUT2D eigenvalue weighted by Crippen LogP contribution is -2.31. The molecule has 0 bridgehead atoms. The molecule has 0 radical (unpaired) electrons. The normalized spacial score (nSPS) is 21.9. The molecule has 0 aliphatic carbocycles. The summed E-state index contributed by atoms with van der Waals surface area (Å²) >= 11 is 1.83. The van der Waals surface area contributed by atoms with E-state index in [1.165, 1.54) is 6.07 Å². The van der Waals surface area contributed by atoms with Crippen LogP contribution in [0.1, 0.15) is 18.9 Å². The van der Waals surface area contributed by atoms with Gasteiger partial charge >= 0.3 is 0 Å². The largest absolute Gasteiger partial charge is 0.385 e. The zero-order chi connectivity index (χ0) is 14.4. The smallest absolute Gasteiger partial charge is 0.129 e. The van der Waals surface area contributed by atoms with E-state index in [1.54, 1.807) is 12.3 Å². The fraction of sp³-hybridized carbons (Fsp3) is 0.533. The Balaban J connectivity index is 2.12. The number of aliphatic imine (C=N–C) groups is 1. The Morgan fingerprint density at radius 2 is 2.35 bits per heavy atom. The minimum Gasteiger partial charge on any atom is -0.385 e. The molecule has 1 aliphatic rings. The van der Waals surface area contributed by atoms with Crippen LogP contribution in [0.3, 0.4) is 0 Å². The Labute approximate surface area is 124 Å². The van der Waals surface area contributed by atoms with E-state index < -0.39 is 5.54 Å². The van der Waals surface area contributed by atoms with Gasteiger partial charge in [0.05, 0.1) is 13.2 Å². The predicted octanol–water partition coefficient (Wildman–Crippen LogP) is 3.31. The van der Waals surface area contributed by atoms with E-state index in [1.807, 2.05) is 24.8 Å². The summed E-state index contributed by atoms with van der Waals surface area (Å²) in [5.74, 6) is 0.890. The molecule has 0 unspecified atom stereocenters. The maximum absolute atomic E-state index is 14.1. The molecule has 1 aromatic rings. The molecule has 0 saturated carbocycles. The predicted molar refractivity (Wildman–Crippen MR) is 84.6 cm³/mol. The van der Waals surface area contributed by atoms with E-state index in [0.29, 0.717) is 18.8 Å². The van der Waals surface area contributed by atoms with Gasteiger partial charge in [-0.3, -0.25) is 4.99 Å². The molecule has 1 N–H and O–H groups in total. The molecule has 1 atom stereocenters. The zero-order valence-electron chi connectivity index (χ0n) is 12.0. The quantitative estimate of drug-likeness (QED) is 0.818. The van der Waals surface area contributed by atoms with Crippen LogP contribution in [-0.2, 0) is 10.3 Å². The van der Waals surface area contributed by atoms with Crippen molar-refractivity contribution in [1.82, 2.24) is 0 Å². The van der Waals surface area contributed by atoms with E-state index in [2.05, 4.69) is 16.6 Å². The molecule has 0 fully saturated rings. The standard InChI is InChI=1S/C15H21FN2OS/c1-15(11-19-8-7-18-15)13-10-12(4-5-14(13)16)17-6-3-9-20-2/h4-5,7,10,17H,3,6,8-9,11H2,1-2H3/t15-/m0/s1. The van der Waals surface area contributed by atoms with Crippen LogP contribution in [0.25, 0.3) is 0 Å². The second kappa shape index (κ2) is 7.09. The van der Waals surface area contributed by atoms with Crippen molar-refractivity contribution in [3.05, 3.63) is 29.6 Å². The van der Waals surface area contributed by atoms with E-state index in [9.17, 15) is 4.39 Å². The monoisotopic (exact) mass is 296 g/mol. The molecule has 1 heterocycles. The molecule has 0 saturated heterocycles. The number of rotatable bonds is 6. The van der Waals surface area contributed by atoms with Crippen molar-refractivity contribution >= 4 is 23.7 Å². The number of benzene rings is 1. The van der Waals surface area contributed by atoms with E-state index in [0.717, 1.165) is 24.4 Å². The summed E-state index contributed by atoms with van der Waals surface area (Å²) in [7, 11) is 0. The number of hydrogen-bond donors (Lipinski definition) is 1. The van der Waals surface area contributed by atoms with Gasteiger partial charge in [-0.25, -0.2) is 4.39 Å². The van der Waals surface area contributed by atoms with Gasteiger partial charge in [-0.15, -0.1) is 0 Å². The minimum absolute atomic E-state index is 0.232. The Morgan fingerprint density at radius 1 is 1.50 bits per heavy atom. The molecule has 20 heavy (non-hydrogen) atoms. The van der Waals surface area contributed by atoms with Crippen LogP contribution in [-0.4, -0.2) is 38.0 Å². The van der Waals surface area contributed by atoms with Gasteiger partial charge in [0.1, 0.15) is 11.4 Å². The second-order valence-electron chi connectivity index (χ2n) is 5.07. The number of ether oxygens (including phenoxy) is 1. The molecule has 2 rings (SSSR count). The molecular formula is C15H21FN2OS. The molecule has 110 valence electrons. The first-order chi connectivity index (χ1) is 9.65. The number of halogens is 1. The zero-order valence-corrected chi connectivity index (χ0v) is 12.8. The summed E-state index contributed by atoms with van der Waals surface area (Å²) in [4.78, 5) is 4.42. The van der Waals surface area contributed by atoms with Gasteiger partial charge in [-0.1, -0.05) is 0 Å². The molecule has 1 aromatic carbocycles. The minimum atomic E-state index is -0.626. The van der Waals surface area contributed by atoms with Gasteiger partial charge in [-0.2, -0.15) is 11.8 Å². The van der Waals surface area contributed by atoms with Gasteiger partial charge in [0, 0.05) is 24.0 Å². The molecule has 5 heteroatoms. The molecule has 0 aromatic heterocycles. The number of anilines is 1. The Hall–Kier alpha value is -1.07. The van der Waals surface area contributed by atoms with Crippen molar-refractivity contribution < 1.29 is 9.13 Å². The molecule has 0 spiro atoms. The van der Waals surface area contributed by atoms with Crippen LogP contribution in [0, 0.1) is 5.82 Å². The average Bonchev–Trinajstić information content (AvgIpc) is 2.46. The fourth-order valence-corrected chi connectivity index (χ4v) is 2.66. The lowest BCUT2D eigenvalue weighted by Gasteiger charge is -2.29. The van der Waals surface area contributed by atoms with Crippen LogP contribution in [0.15, 0.2) is 23.2 Å². The molecular weight excluding hydrogens is 275 g/mol. The molecule has 1 aliphatic heterocycles. The van der Waals surface area contributed by atoms with E-state index in [4.69, 9.17) is 4.74 Å².